The fraction of sp³-hybridized carbons (Fsp3) is 0.364. The van der Waals surface area contributed by atoms with Crippen LogP contribution in [0.1, 0.15) is 11.6 Å². The van der Waals surface area contributed by atoms with Gasteiger partial charge in [-0.2, -0.15) is 0 Å². The van der Waals surface area contributed by atoms with E-state index in [2.05, 4.69) is 0 Å². The van der Waals surface area contributed by atoms with Crippen LogP contribution in [0.5, 0.6) is 0 Å². The highest BCUT2D eigenvalue weighted by atomic mass is 35.5. The maximum absolute atomic E-state index is 11.5. The second kappa shape index (κ2) is 6.48. The minimum atomic E-state index is -0.856. The summed E-state index contributed by atoms with van der Waals surface area (Å²) in [6.45, 7) is 0.536. The zero-order valence-corrected chi connectivity index (χ0v) is 9.74. The molecular formula is C11H14ClNO3. The molecule has 0 saturated carbocycles. The predicted molar refractivity (Wildman–Crippen MR) is 61.2 cm³/mol. The van der Waals surface area contributed by atoms with Crippen molar-refractivity contribution in [2.75, 3.05) is 20.3 Å². The fourth-order valence-corrected chi connectivity index (χ4v) is 1.42. The second-order valence-corrected chi connectivity index (χ2v) is 3.57. The third kappa shape index (κ3) is 3.48. The molecule has 5 heteroatoms. The number of benzene rings is 1. The molecule has 4 nitrogen and oxygen atoms in total. The third-order valence-corrected chi connectivity index (χ3v) is 2.37. The van der Waals surface area contributed by atoms with Gasteiger partial charge in [0.05, 0.1) is 6.61 Å². The smallest absolute Gasteiger partial charge is 0.327 e. The molecule has 1 atom stereocenters. The van der Waals surface area contributed by atoms with Gasteiger partial charge in [0.1, 0.15) is 12.6 Å². The molecule has 0 bridgehead atoms. The Kier molecular flexibility index (Phi) is 5.25. The Morgan fingerprint density at radius 3 is 2.75 bits per heavy atom. The van der Waals surface area contributed by atoms with Crippen LogP contribution in [0.4, 0.5) is 0 Å². The summed E-state index contributed by atoms with van der Waals surface area (Å²) < 4.78 is 9.66. The van der Waals surface area contributed by atoms with Gasteiger partial charge in [-0.3, -0.25) is 0 Å². The number of methoxy groups -OCH3 is 1. The number of nitrogens with two attached hydrogens (primary N) is 1. The van der Waals surface area contributed by atoms with Crippen molar-refractivity contribution in [2.24, 2.45) is 5.73 Å². The van der Waals surface area contributed by atoms with Gasteiger partial charge in [0.25, 0.3) is 0 Å². The Balaban J connectivity index is 2.60. The molecule has 16 heavy (non-hydrogen) atoms. The number of esters is 1. The maximum atomic E-state index is 11.5. The Morgan fingerprint density at radius 2 is 2.12 bits per heavy atom. The van der Waals surface area contributed by atoms with Crippen molar-refractivity contribution >= 4 is 17.6 Å². The van der Waals surface area contributed by atoms with Crippen LogP contribution in [0.3, 0.4) is 0 Å². The van der Waals surface area contributed by atoms with Gasteiger partial charge in [-0.25, -0.2) is 4.79 Å². The maximum Gasteiger partial charge on any atom is 0.327 e. The largest absolute Gasteiger partial charge is 0.462 e. The molecule has 0 unspecified atom stereocenters. The van der Waals surface area contributed by atoms with Crippen molar-refractivity contribution in [3.63, 3.8) is 0 Å². The summed E-state index contributed by atoms with van der Waals surface area (Å²) in [5.74, 6) is -0.509. The zero-order chi connectivity index (χ0) is 12.0. The van der Waals surface area contributed by atoms with Crippen molar-refractivity contribution in [3.05, 3.63) is 34.9 Å². The molecule has 1 aromatic rings. The second-order valence-electron chi connectivity index (χ2n) is 3.16. The minimum Gasteiger partial charge on any atom is -0.462 e. The molecule has 0 spiro atoms. The Labute approximate surface area is 99.3 Å². The summed E-state index contributed by atoms with van der Waals surface area (Å²) in [7, 11) is 1.53. The molecule has 88 valence electrons. The lowest BCUT2D eigenvalue weighted by Crippen LogP contribution is -2.25. The highest BCUT2D eigenvalue weighted by molar-refractivity contribution is 6.31. The normalized spacial score (nSPS) is 12.2. The van der Waals surface area contributed by atoms with E-state index in [4.69, 9.17) is 26.8 Å². The van der Waals surface area contributed by atoms with Gasteiger partial charge >= 0.3 is 5.97 Å². The number of carbonyl (C=O) groups is 1. The summed E-state index contributed by atoms with van der Waals surface area (Å²) >= 11 is 5.91. The first-order valence-corrected chi connectivity index (χ1v) is 5.20. The summed E-state index contributed by atoms with van der Waals surface area (Å²) in [5.41, 5.74) is 6.28. The topological polar surface area (TPSA) is 61.5 Å². The van der Waals surface area contributed by atoms with Gasteiger partial charge < -0.3 is 15.2 Å². The van der Waals surface area contributed by atoms with Gasteiger partial charge in [0, 0.05) is 12.1 Å². The average molecular weight is 244 g/mol. The summed E-state index contributed by atoms with van der Waals surface area (Å²) in [4.78, 5) is 11.5. The number of hydrogen-bond acceptors (Lipinski definition) is 4. The number of hydrogen-bond donors (Lipinski definition) is 1. The molecule has 0 saturated heterocycles. The Hall–Kier alpha value is -1.10. The molecule has 0 aliphatic heterocycles. The standard InChI is InChI=1S/C11H14ClNO3/c1-15-6-7-16-11(14)10(13)8-4-2-3-5-9(8)12/h2-5,10H,6-7,13H2,1H3/t10-/m1/s1. The molecule has 0 heterocycles. The molecule has 0 aliphatic carbocycles. The van der Waals surface area contributed by atoms with Crippen molar-refractivity contribution < 1.29 is 14.3 Å². The molecule has 0 amide bonds. The van der Waals surface area contributed by atoms with E-state index in [1.807, 2.05) is 0 Å². The Morgan fingerprint density at radius 1 is 1.44 bits per heavy atom. The van der Waals surface area contributed by atoms with E-state index in [9.17, 15) is 4.79 Å². The first-order chi connectivity index (χ1) is 7.66. The van der Waals surface area contributed by atoms with Crippen LogP contribution >= 0.6 is 11.6 Å². The molecule has 1 aromatic carbocycles. The average Bonchev–Trinajstić information content (AvgIpc) is 2.29. The van der Waals surface area contributed by atoms with Crippen LogP contribution in [0.15, 0.2) is 24.3 Å². The number of ether oxygens (including phenoxy) is 2. The van der Waals surface area contributed by atoms with Crippen LogP contribution < -0.4 is 5.73 Å². The molecule has 0 fully saturated rings. The summed E-state index contributed by atoms with van der Waals surface area (Å²) in [6.07, 6.45) is 0. The van der Waals surface area contributed by atoms with Gasteiger partial charge in [0.2, 0.25) is 0 Å². The van der Waals surface area contributed by atoms with E-state index in [0.29, 0.717) is 17.2 Å². The van der Waals surface area contributed by atoms with Crippen LogP contribution in [0.25, 0.3) is 0 Å². The first-order valence-electron chi connectivity index (χ1n) is 4.82. The van der Waals surface area contributed by atoms with Crippen molar-refractivity contribution in [3.8, 4) is 0 Å². The SMILES string of the molecule is COCCOC(=O)[C@H](N)c1ccccc1Cl. The van der Waals surface area contributed by atoms with Gasteiger partial charge in [-0.15, -0.1) is 0 Å². The van der Waals surface area contributed by atoms with Gasteiger partial charge in [-0.05, 0) is 11.6 Å². The quantitative estimate of drug-likeness (QED) is 0.629. The minimum absolute atomic E-state index is 0.188. The van der Waals surface area contributed by atoms with Crippen molar-refractivity contribution in [2.45, 2.75) is 6.04 Å². The summed E-state index contributed by atoms with van der Waals surface area (Å²) in [6, 6.07) is 6.06. The van der Waals surface area contributed by atoms with E-state index in [-0.39, 0.29) is 6.61 Å². The number of carbonyl (C=O) groups excluding carboxylic acids is 1. The van der Waals surface area contributed by atoms with Crippen molar-refractivity contribution in [1.82, 2.24) is 0 Å². The molecular weight excluding hydrogens is 230 g/mol. The molecule has 1 rings (SSSR count). The highest BCUT2D eigenvalue weighted by Gasteiger charge is 2.19. The van der Waals surface area contributed by atoms with Gasteiger partial charge in [0.15, 0.2) is 0 Å². The molecule has 0 aromatic heterocycles. The first kappa shape index (κ1) is 13.0. The van der Waals surface area contributed by atoms with Crippen LogP contribution in [0, 0.1) is 0 Å². The van der Waals surface area contributed by atoms with E-state index in [0.717, 1.165) is 0 Å². The van der Waals surface area contributed by atoms with Crippen LogP contribution in [-0.2, 0) is 14.3 Å². The summed E-state index contributed by atoms with van der Waals surface area (Å²) in [5, 5.41) is 0.457. The predicted octanol–water partition coefficient (Wildman–Crippen LogP) is 1.53. The van der Waals surface area contributed by atoms with E-state index < -0.39 is 12.0 Å². The van der Waals surface area contributed by atoms with Crippen LogP contribution in [-0.4, -0.2) is 26.3 Å². The number of halogens is 1. The molecule has 0 radical (unpaired) electrons. The number of rotatable bonds is 5. The lowest BCUT2D eigenvalue weighted by atomic mass is 10.1. The van der Waals surface area contributed by atoms with Crippen LogP contribution in [0.2, 0.25) is 5.02 Å². The van der Waals surface area contributed by atoms with Gasteiger partial charge in [-0.1, -0.05) is 29.8 Å². The molecule has 2 N–H and O–H groups in total. The third-order valence-electron chi connectivity index (χ3n) is 2.03. The lowest BCUT2D eigenvalue weighted by Gasteiger charge is -2.12. The van der Waals surface area contributed by atoms with Crippen molar-refractivity contribution in [1.29, 1.82) is 0 Å². The van der Waals surface area contributed by atoms with E-state index in [1.54, 1.807) is 24.3 Å². The van der Waals surface area contributed by atoms with E-state index in [1.165, 1.54) is 7.11 Å². The fourth-order valence-electron chi connectivity index (χ4n) is 1.17. The monoisotopic (exact) mass is 243 g/mol. The zero-order valence-electron chi connectivity index (χ0n) is 8.98. The van der Waals surface area contributed by atoms with E-state index >= 15 is 0 Å². The highest BCUT2D eigenvalue weighted by Crippen LogP contribution is 2.21. The Bertz CT molecular complexity index is 357. The lowest BCUT2D eigenvalue weighted by molar-refractivity contribution is -0.146. The molecule has 0 aliphatic rings.